The van der Waals surface area contributed by atoms with Gasteiger partial charge in [-0.05, 0) is 50.3 Å². The minimum atomic E-state index is -4.04. The first-order valence-electron chi connectivity index (χ1n) is 14.1. The predicted octanol–water partition coefficient (Wildman–Crippen LogP) is 3.95. The molecule has 2 aromatic carbocycles. The van der Waals surface area contributed by atoms with Crippen LogP contribution in [-0.4, -0.2) is 85.3 Å². The van der Waals surface area contributed by atoms with E-state index in [1.807, 2.05) is 37.3 Å². The molecule has 2 N–H and O–H groups in total. The van der Waals surface area contributed by atoms with E-state index in [9.17, 15) is 22.8 Å². The summed E-state index contributed by atoms with van der Waals surface area (Å²) in [4.78, 5) is 44.9. The highest BCUT2D eigenvalue weighted by Crippen LogP contribution is 2.30. The molecular formula is C30H36N4O8S2. The molecule has 1 aliphatic heterocycles. The molecule has 0 bridgehead atoms. The number of hydrogen-bond acceptors (Lipinski definition) is 9. The highest BCUT2D eigenvalue weighted by Gasteiger charge is 2.33. The smallest absolute Gasteiger partial charge is 0.407 e. The molecule has 0 atom stereocenters. The zero-order valence-electron chi connectivity index (χ0n) is 24.8. The van der Waals surface area contributed by atoms with E-state index in [0.29, 0.717) is 35.0 Å². The van der Waals surface area contributed by atoms with E-state index in [-0.39, 0.29) is 44.1 Å². The lowest BCUT2D eigenvalue weighted by atomic mass is 10.1. The number of aryl methyl sites for hydroxylation is 1. The van der Waals surface area contributed by atoms with Gasteiger partial charge in [-0.15, -0.1) is 11.3 Å². The number of benzene rings is 2. The zero-order valence-corrected chi connectivity index (χ0v) is 26.4. The van der Waals surface area contributed by atoms with E-state index in [1.54, 1.807) is 17.0 Å². The summed E-state index contributed by atoms with van der Waals surface area (Å²) in [6.45, 7) is 2.48. The topological polar surface area (TPSA) is 155 Å². The number of nitrogens with one attached hydrogen (secondary N) is 1. The fraction of sp³-hybridized carbons (Fsp3) is 0.400. The number of ether oxygens (including phenoxy) is 2. The molecule has 4 rings (SSSR count). The molecule has 0 aliphatic carbocycles. The highest BCUT2D eigenvalue weighted by atomic mass is 32.2. The van der Waals surface area contributed by atoms with Gasteiger partial charge in [0.2, 0.25) is 10.0 Å². The van der Waals surface area contributed by atoms with Crippen molar-refractivity contribution in [3.05, 3.63) is 75.2 Å². The summed E-state index contributed by atoms with van der Waals surface area (Å²) < 4.78 is 38.7. The highest BCUT2D eigenvalue weighted by molar-refractivity contribution is 7.90. The van der Waals surface area contributed by atoms with E-state index in [1.165, 1.54) is 19.6 Å². The summed E-state index contributed by atoms with van der Waals surface area (Å²) in [7, 11) is -0.996. The lowest BCUT2D eigenvalue weighted by Gasteiger charge is -2.29. The Morgan fingerprint density at radius 1 is 1.09 bits per heavy atom. The van der Waals surface area contributed by atoms with E-state index in [2.05, 4.69) is 9.71 Å². The summed E-state index contributed by atoms with van der Waals surface area (Å²) in [6, 6.07) is 13.2. The number of thiazole rings is 1. The number of aromatic nitrogens is 1. The molecule has 1 aliphatic rings. The molecule has 1 aromatic heterocycles. The molecule has 0 radical (unpaired) electrons. The summed E-state index contributed by atoms with van der Waals surface area (Å²) in [5, 5.41) is 10.1. The van der Waals surface area contributed by atoms with Crippen LogP contribution >= 0.6 is 11.3 Å². The number of carboxylic acid groups (broad SMARTS) is 1. The molecule has 3 amide bonds. The number of carbonyl (C=O) groups is 3. The number of likely N-dealkylation sites (tertiary alicyclic amines) is 1. The standard InChI is InChI=1S/C30H36N4O8S2/c1-20-25(41-2)16-22(17-26(20)42-3)29(36)34(13-7-10-21-8-5-4-6-9-21)18-27-31-24(19-43-27)28(35)32-44(39,40)23-11-14-33(15-12-23)30(37)38/h4-6,8-9,16-17,19,23H,7,10-15,18H2,1-3H3,(H,32,35)(H,37,38). The number of piperidine rings is 1. The monoisotopic (exact) mass is 644 g/mol. The number of amides is 3. The Balaban J connectivity index is 1.48. The van der Waals surface area contributed by atoms with Crippen LogP contribution in [-0.2, 0) is 23.0 Å². The molecule has 236 valence electrons. The fourth-order valence-electron chi connectivity index (χ4n) is 5.04. The minimum absolute atomic E-state index is 0.0722. The SMILES string of the molecule is COc1cc(C(=O)N(CCCc2ccccc2)Cc2nc(C(=O)NS(=O)(=O)C3CCN(C(=O)O)CC3)cs2)cc(OC)c1C. The minimum Gasteiger partial charge on any atom is -0.496 e. The largest absolute Gasteiger partial charge is 0.496 e. The molecule has 44 heavy (non-hydrogen) atoms. The average Bonchev–Trinajstić information content (AvgIpc) is 3.49. The molecule has 2 heterocycles. The molecule has 1 fully saturated rings. The second kappa shape index (κ2) is 14.5. The maximum Gasteiger partial charge on any atom is 0.407 e. The van der Waals surface area contributed by atoms with Gasteiger partial charge in [-0.25, -0.2) is 22.9 Å². The van der Waals surface area contributed by atoms with E-state index >= 15 is 0 Å². The molecule has 0 spiro atoms. The lowest BCUT2D eigenvalue weighted by Crippen LogP contribution is -2.46. The van der Waals surface area contributed by atoms with Crippen molar-refractivity contribution in [3.8, 4) is 11.5 Å². The third-order valence-corrected chi connectivity index (χ3v) is 10.2. The summed E-state index contributed by atoms with van der Waals surface area (Å²) >= 11 is 1.15. The number of sulfonamides is 1. The Bertz CT molecular complexity index is 1560. The molecule has 3 aromatic rings. The van der Waals surface area contributed by atoms with Crippen LogP contribution in [0.3, 0.4) is 0 Å². The Morgan fingerprint density at radius 2 is 1.73 bits per heavy atom. The van der Waals surface area contributed by atoms with Crippen LogP contribution in [0.2, 0.25) is 0 Å². The predicted molar refractivity (Wildman–Crippen MR) is 165 cm³/mol. The van der Waals surface area contributed by atoms with Gasteiger partial charge in [0, 0.05) is 36.1 Å². The molecule has 1 saturated heterocycles. The Labute approximate surface area is 260 Å². The van der Waals surface area contributed by atoms with Crippen molar-refractivity contribution in [3.63, 3.8) is 0 Å². The second-order valence-electron chi connectivity index (χ2n) is 10.4. The quantitative estimate of drug-likeness (QED) is 0.298. The third kappa shape index (κ3) is 8.05. The van der Waals surface area contributed by atoms with Gasteiger partial charge >= 0.3 is 6.09 Å². The van der Waals surface area contributed by atoms with Gasteiger partial charge in [-0.1, -0.05) is 30.3 Å². The van der Waals surface area contributed by atoms with Crippen LogP contribution in [0.4, 0.5) is 4.79 Å². The van der Waals surface area contributed by atoms with Crippen LogP contribution in [0.15, 0.2) is 47.8 Å². The van der Waals surface area contributed by atoms with Crippen molar-refractivity contribution < 1.29 is 37.4 Å². The first-order chi connectivity index (χ1) is 21.0. The first kappa shape index (κ1) is 32.7. The third-order valence-electron chi connectivity index (χ3n) is 7.52. The van der Waals surface area contributed by atoms with Crippen LogP contribution in [0.1, 0.15) is 56.2 Å². The average molecular weight is 645 g/mol. The van der Waals surface area contributed by atoms with Crippen molar-refractivity contribution in [2.24, 2.45) is 0 Å². The molecule has 0 unspecified atom stereocenters. The van der Waals surface area contributed by atoms with Gasteiger partial charge in [0.15, 0.2) is 0 Å². The molecular weight excluding hydrogens is 608 g/mol. The van der Waals surface area contributed by atoms with Gasteiger partial charge in [0.25, 0.3) is 11.8 Å². The Morgan fingerprint density at radius 3 is 2.32 bits per heavy atom. The van der Waals surface area contributed by atoms with Gasteiger partial charge in [-0.3, -0.25) is 9.59 Å². The van der Waals surface area contributed by atoms with E-state index in [0.717, 1.165) is 33.8 Å². The maximum absolute atomic E-state index is 13.8. The van der Waals surface area contributed by atoms with Crippen molar-refractivity contribution in [2.75, 3.05) is 33.9 Å². The summed E-state index contributed by atoms with van der Waals surface area (Å²) in [5.74, 6) is -0.116. The van der Waals surface area contributed by atoms with Crippen molar-refractivity contribution in [1.29, 1.82) is 0 Å². The summed E-state index contributed by atoms with van der Waals surface area (Å²) in [6.07, 6.45) is 0.499. The van der Waals surface area contributed by atoms with Crippen molar-refractivity contribution in [2.45, 2.75) is 44.4 Å². The molecule has 14 heteroatoms. The molecule has 0 saturated carbocycles. The maximum atomic E-state index is 13.8. The van der Waals surface area contributed by atoms with E-state index < -0.39 is 27.3 Å². The summed E-state index contributed by atoms with van der Waals surface area (Å²) in [5.41, 5.74) is 2.20. The number of rotatable bonds is 12. The number of carbonyl (C=O) groups excluding carboxylic acids is 2. The molecule has 12 nitrogen and oxygen atoms in total. The first-order valence-corrected chi connectivity index (χ1v) is 16.5. The van der Waals surface area contributed by atoms with Gasteiger partial charge < -0.3 is 24.4 Å². The fourth-order valence-corrected chi connectivity index (χ4v) is 7.19. The van der Waals surface area contributed by atoms with Crippen LogP contribution in [0.5, 0.6) is 11.5 Å². The Hall–Kier alpha value is -4.17. The normalized spacial score (nSPS) is 13.8. The second-order valence-corrected chi connectivity index (χ2v) is 13.3. The van der Waals surface area contributed by atoms with E-state index in [4.69, 9.17) is 14.6 Å². The van der Waals surface area contributed by atoms with Gasteiger partial charge in [0.05, 0.1) is 26.0 Å². The number of methoxy groups -OCH3 is 2. The van der Waals surface area contributed by atoms with Gasteiger partial charge in [-0.2, -0.15) is 0 Å². The number of nitrogens with zero attached hydrogens (tertiary/aromatic N) is 3. The van der Waals surface area contributed by atoms with Crippen molar-refractivity contribution >= 4 is 39.3 Å². The van der Waals surface area contributed by atoms with Crippen LogP contribution in [0, 0.1) is 6.92 Å². The van der Waals surface area contributed by atoms with Gasteiger partial charge in [0.1, 0.15) is 22.2 Å². The number of hydrogen-bond donors (Lipinski definition) is 2. The lowest BCUT2D eigenvalue weighted by molar-refractivity contribution is 0.0740. The van der Waals surface area contributed by atoms with Crippen LogP contribution in [0.25, 0.3) is 0 Å². The zero-order chi connectivity index (χ0) is 31.9. The van der Waals surface area contributed by atoms with Crippen LogP contribution < -0.4 is 14.2 Å². The van der Waals surface area contributed by atoms with Crippen molar-refractivity contribution in [1.82, 2.24) is 19.5 Å². The Kier molecular flexibility index (Phi) is 10.8.